The van der Waals surface area contributed by atoms with E-state index in [-0.39, 0.29) is 11.3 Å². The molecule has 1 aliphatic rings. The maximum Gasteiger partial charge on any atom is 0.416 e. The monoisotopic (exact) mass is 535 g/mol. The maximum absolute atomic E-state index is 13.4. The van der Waals surface area contributed by atoms with Crippen LogP contribution in [0.3, 0.4) is 0 Å². The molecule has 10 nitrogen and oxygen atoms in total. The van der Waals surface area contributed by atoms with E-state index in [4.69, 9.17) is 5.26 Å². The summed E-state index contributed by atoms with van der Waals surface area (Å²) in [5, 5.41) is 38.1. The number of ketones is 1. The highest BCUT2D eigenvalue weighted by Crippen LogP contribution is 2.37. The molecule has 2 N–H and O–H groups in total. The number of halogens is 3. The van der Waals surface area contributed by atoms with Gasteiger partial charge in [-0.1, -0.05) is 36.4 Å². The summed E-state index contributed by atoms with van der Waals surface area (Å²) >= 11 is 0. The SMILES string of the molecule is N#Cc1ccc(NC(=O)C(=O)C2=NN(c3cccc(C(F)(F)F)c3)[C@H](c3ccccc3)C=C2O)c([N+](=O)[O-])c1. The lowest BCUT2D eigenvalue weighted by Gasteiger charge is -2.31. The minimum Gasteiger partial charge on any atom is -0.506 e. The van der Waals surface area contributed by atoms with Crippen LogP contribution in [0, 0.1) is 21.4 Å². The van der Waals surface area contributed by atoms with Gasteiger partial charge < -0.3 is 10.4 Å². The smallest absolute Gasteiger partial charge is 0.416 e. The van der Waals surface area contributed by atoms with Crippen LogP contribution in [-0.4, -0.2) is 27.4 Å². The van der Waals surface area contributed by atoms with Gasteiger partial charge in [-0.25, -0.2) is 0 Å². The first-order chi connectivity index (χ1) is 18.5. The van der Waals surface area contributed by atoms with Crippen LogP contribution in [0.5, 0.6) is 0 Å². The fourth-order valence-electron chi connectivity index (χ4n) is 3.76. The predicted octanol–water partition coefficient (Wildman–Crippen LogP) is 5.05. The molecule has 0 saturated carbocycles. The zero-order valence-electron chi connectivity index (χ0n) is 19.6. The van der Waals surface area contributed by atoms with Crippen molar-refractivity contribution in [1.82, 2.24) is 0 Å². The second kappa shape index (κ2) is 10.5. The minimum atomic E-state index is -4.68. The Balaban J connectivity index is 1.73. The van der Waals surface area contributed by atoms with Gasteiger partial charge in [0.25, 0.3) is 17.4 Å². The summed E-state index contributed by atoms with van der Waals surface area (Å²) in [5.74, 6) is -3.55. The van der Waals surface area contributed by atoms with Gasteiger partial charge in [0.1, 0.15) is 11.4 Å². The van der Waals surface area contributed by atoms with Crippen LogP contribution < -0.4 is 10.3 Å². The number of alkyl halides is 3. The quantitative estimate of drug-likeness (QED) is 0.255. The van der Waals surface area contributed by atoms with Crippen LogP contribution in [0.4, 0.5) is 30.2 Å². The number of hydrogen-bond donors (Lipinski definition) is 2. The van der Waals surface area contributed by atoms with E-state index in [1.165, 1.54) is 12.1 Å². The molecule has 0 spiro atoms. The average Bonchev–Trinajstić information content (AvgIpc) is 2.92. The first-order valence-corrected chi connectivity index (χ1v) is 11.0. The molecule has 196 valence electrons. The summed E-state index contributed by atoms with van der Waals surface area (Å²) in [6.45, 7) is 0. The number of Topliss-reactive ketones (excluding diaryl/α,β-unsaturated/α-hetero) is 1. The third kappa shape index (κ3) is 5.59. The van der Waals surface area contributed by atoms with Crippen LogP contribution >= 0.6 is 0 Å². The van der Waals surface area contributed by atoms with E-state index in [2.05, 4.69) is 10.4 Å². The Labute approximate surface area is 218 Å². The van der Waals surface area contributed by atoms with Gasteiger partial charge in [-0.3, -0.25) is 24.7 Å². The summed E-state index contributed by atoms with van der Waals surface area (Å²) in [4.78, 5) is 36.2. The molecule has 1 heterocycles. The summed E-state index contributed by atoms with van der Waals surface area (Å²) in [6.07, 6.45) is -3.53. The van der Waals surface area contributed by atoms with Crippen LogP contribution in [0.15, 0.2) is 89.7 Å². The number of rotatable bonds is 6. The van der Waals surface area contributed by atoms with Crippen LogP contribution in [0.25, 0.3) is 0 Å². The van der Waals surface area contributed by atoms with Gasteiger partial charge in [-0.15, -0.1) is 0 Å². The minimum absolute atomic E-state index is 0.0630. The summed E-state index contributed by atoms with van der Waals surface area (Å²) in [6, 6.07) is 16.3. The number of carbonyl (C=O) groups excluding carboxylic acids is 2. The van der Waals surface area contributed by atoms with Crippen molar-refractivity contribution in [2.24, 2.45) is 5.10 Å². The molecular formula is C26H16F3N5O5. The van der Waals surface area contributed by atoms with Crippen molar-refractivity contribution in [1.29, 1.82) is 5.26 Å². The molecule has 13 heteroatoms. The first kappa shape index (κ1) is 26.6. The summed E-state index contributed by atoms with van der Waals surface area (Å²) < 4.78 is 40.2. The molecule has 1 amide bonds. The molecule has 0 unspecified atom stereocenters. The first-order valence-electron chi connectivity index (χ1n) is 11.0. The van der Waals surface area contributed by atoms with Gasteiger partial charge in [-0.2, -0.15) is 23.5 Å². The number of benzene rings is 3. The summed E-state index contributed by atoms with van der Waals surface area (Å²) in [5.41, 5.74) is -2.48. The van der Waals surface area contributed by atoms with Crippen molar-refractivity contribution in [3.8, 4) is 6.07 Å². The lowest BCUT2D eigenvalue weighted by Crippen LogP contribution is -2.37. The molecule has 0 aliphatic carbocycles. The van der Waals surface area contributed by atoms with E-state index >= 15 is 0 Å². The second-order valence-electron chi connectivity index (χ2n) is 8.13. The van der Waals surface area contributed by atoms with Gasteiger partial charge in [-0.05, 0) is 42.0 Å². The molecule has 1 atom stereocenters. The number of nitro benzene ring substituents is 1. The zero-order chi connectivity index (χ0) is 28.3. The predicted molar refractivity (Wildman–Crippen MR) is 133 cm³/mol. The van der Waals surface area contributed by atoms with Crippen molar-refractivity contribution in [3.63, 3.8) is 0 Å². The maximum atomic E-state index is 13.4. The Morgan fingerprint density at radius 1 is 1.08 bits per heavy atom. The molecule has 3 aromatic carbocycles. The van der Waals surface area contributed by atoms with Crippen molar-refractivity contribution >= 4 is 34.5 Å². The number of nitrogens with zero attached hydrogens (tertiary/aromatic N) is 4. The lowest BCUT2D eigenvalue weighted by atomic mass is 10.0. The molecule has 0 fully saturated rings. The van der Waals surface area contributed by atoms with E-state index in [1.54, 1.807) is 36.4 Å². The Bertz CT molecular complexity index is 1580. The van der Waals surface area contributed by atoms with Crippen molar-refractivity contribution < 1.29 is 32.8 Å². The Kier molecular flexibility index (Phi) is 7.12. The van der Waals surface area contributed by atoms with Crippen molar-refractivity contribution in [2.75, 3.05) is 10.3 Å². The van der Waals surface area contributed by atoms with Crippen molar-refractivity contribution in [2.45, 2.75) is 12.2 Å². The van der Waals surface area contributed by atoms with E-state index in [9.17, 15) is 38.0 Å². The molecule has 1 aliphatic heterocycles. The van der Waals surface area contributed by atoms with E-state index in [1.807, 2.05) is 0 Å². The molecule has 0 saturated heterocycles. The fraction of sp³-hybridized carbons (Fsp3) is 0.0769. The topological polar surface area (TPSA) is 149 Å². The molecule has 0 radical (unpaired) electrons. The number of amides is 1. The molecular weight excluding hydrogens is 519 g/mol. The Morgan fingerprint density at radius 3 is 2.44 bits per heavy atom. The highest BCUT2D eigenvalue weighted by atomic mass is 19.4. The number of nitro groups is 1. The fourth-order valence-corrected chi connectivity index (χ4v) is 3.76. The van der Waals surface area contributed by atoms with Gasteiger partial charge in [0.05, 0.1) is 33.8 Å². The molecule has 4 rings (SSSR count). The number of aliphatic hydroxyl groups excluding tert-OH is 1. The van der Waals surface area contributed by atoms with Gasteiger partial charge in [0.2, 0.25) is 0 Å². The lowest BCUT2D eigenvalue weighted by molar-refractivity contribution is -0.383. The second-order valence-corrected chi connectivity index (χ2v) is 8.13. The standard InChI is InChI=1S/C26H16F3N5O5/c27-26(28,29)17-7-4-8-18(12-17)33-20(16-5-2-1-3-6-16)13-22(35)23(32-33)24(36)25(37)31-19-10-9-15(14-30)11-21(19)34(38)39/h1-13,20,35H,(H,31,37)/t20-/m0/s1. The van der Waals surface area contributed by atoms with E-state index in [0.29, 0.717) is 5.56 Å². The number of anilines is 2. The van der Waals surface area contributed by atoms with Gasteiger partial charge in [0.15, 0.2) is 5.71 Å². The number of nitrogens with one attached hydrogen (secondary N) is 1. The zero-order valence-corrected chi connectivity index (χ0v) is 19.6. The normalized spacial score (nSPS) is 15.0. The van der Waals surface area contributed by atoms with Crippen LogP contribution in [0.1, 0.15) is 22.7 Å². The third-order valence-electron chi connectivity index (χ3n) is 5.60. The molecule has 3 aromatic rings. The Hall–Kier alpha value is -5.51. The Morgan fingerprint density at radius 2 is 1.79 bits per heavy atom. The number of aliphatic hydroxyl groups is 1. The van der Waals surface area contributed by atoms with Crippen LogP contribution in [-0.2, 0) is 15.8 Å². The average molecular weight is 535 g/mol. The van der Waals surface area contributed by atoms with Crippen LogP contribution in [0.2, 0.25) is 0 Å². The van der Waals surface area contributed by atoms with E-state index < -0.39 is 57.2 Å². The largest absolute Gasteiger partial charge is 0.506 e. The van der Waals surface area contributed by atoms with Gasteiger partial charge in [0, 0.05) is 6.07 Å². The number of hydrogen-bond acceptors (Lipinski definition) is 8. The molecule has 0 bridgehead atoms. The van der Waals surface area contributed by atoms with E-state index in [0.717, 1.165) is 41.4 Å². The number of allylic oxidation sites excluding steroid dienone is 1. The van der Waals surface area contributed by atoms with Crippen molar-refractivity contribution in [3.05, 3.63) is 111 Å². The molecule has 39 heavy (non-hydrogen) atoms. The highest BCUT2D eigenvalue weighted by molar-refractivity contribution is 6.69. The van der Waals surface area contributed by atoms with Gasteiger partial charge >= 0.3 is 6.18 Å². The number of hydrazone groups is 1. The summed E-state index contributed by atoms with van der Waals surface area (Å²) in [7, 11) is 0. The third-order valence-corrected chi connectivity index (χ3v) is 5.60. The number of nitriles is 1. The number of carbonyl (C=O) groups is 2. The highest BCUT2D eigenvalue weighted by Gasteiger charge is 2.35. The molecule has 0 aromatic heterocycles.